The van der Waals surface area contributed by atoms with Crippen molar-refractivity contribution >= 4 is 11.8 Å². The number of halogens is 1. The minimum atomic E-state index is -0.183. The lowest BCUT2D eigenvalue weighted by Crippen LogP contribution is -2.02. The number of hydrogen-bond donors (Lipinski definition) is 1. The Morgan fingerprint density at radius 1 is 1.11 bits per heavy atom. The summed E-state index contributed by atoms with van der Waals surface area (Å²) in [6.07, 6.45) is 0. The van der Waals surface area contributed by atoms with Gasteiger partial charge in [0.1, 0.15) is 11.6 Å². The minimum Gasteiger partial charge on any atom is -0.493 e. The van der Waals surface area contributed by atoms with Crippen LogP contribution in [0.4, 0.5) is 4.39 Å². The maximum absolute atomic E-state index is 13.4. The molecule has 2 aromatic carbocycles. The van der Waals surface area contributed by atoms with Gasteiger partial charge in [-0.15, -0.1) is 11.8 Å². The highest BCUT2D eigenvalue weighted by atomic mass is 32.2. The quantitative estimate of drug-likeness (QED) is 0.649. The summed E-state index contributed by atoms with van der Waals surface area (Å²) in [7, 11) is 0. The lowest BCUT2D eigenvalue weighted by Gasteiger charge is -2.07. The Balaban J connectivity index is 1.79. The molecule has 0 fully saturated rings. The van der Waals surface area contributed by atoms with E-state index >= 15 is 0 Å². The van der Waals surface area contributed by atoms with Crippen LogP contribution in [0.25, 0.3) is 0 Å². The molecule has 0 bridgehead atoms. The molecule has 0 heterocycles. The van der Waals surface area contributed by atoms with Crippen molar-refractivity contribution in [2.45, 2.75) is 11.4 Å². The van der Waals surface area contributed by atoms with Crippen LogP contribution in [0.3, 0.4) is 0 Å². The van der Waals surface area contributed by atoms with E-state index in [0.29, 0.717) is 23.8 Å². The van der Waals surface area contributed by atoms with Gasteiger partial charge in [-0.2, -0.15) is 0 Å². The van der Waals surface area contributed by atoms with Gasteiger partial charge in [0, 0.05) is 17.2 Å². The molecule has 0 saturated carbocycles. The Labute approximate surface area is 116 Å². The highest BCUT2D eigenvalue weighted by molar-refractivity contribution is 7.99. The maximum Gasteiger partial charge on any atom is 0.136 e. The van der Waals surface area contributed by atoms with Crippen molar-refractivity contribution in [3.8, 4) is 5.75 Å². The van der Waals surface area contributed by atoms with Crippen LogP contribution in [-0.4, -0.2) is 12.4 Å². The van der Waals surface area contributed by atoms with Crippen molar-refractivity contribution in [1.29, 1.82) is 0 Å². The van der Waals surface area contributed by atoms with Gasteiger partial charge in [0.25, 0.3) is 0 Å². The Hall–Kier alpha value is -1.52. The van der Waals surface area contributed by atoms with Crippen LogP contribution in [0.5, 0.6) is 5.75 Å². The van der Waals surface area contributed by atoms with Gasteiger partial charge in [-0.25, -0.2) is 4.39 Å². The van der Waals surface area contributed by atoms with Crippen molar-refractivity contribution in [2.24, 2.45) is 5.73 Å². The summed E-state index contributed by atoms with van der Waals surface area (Å²) in [5.41, 5.74) is 6.61. The van der Waals surface area contributed by atoms with Crippen LogP contribution >= 0.6 is 11.8 Å². The van der Waals surface area contributed by atoms with Gasteiger partial charge in [-0.1, -0.05) is 24.3 Å². The van der Waals surface area contributed by atoms with Crippen molar-refractivity contribution in [1.82, 2.24) is 0 Å². The van der Waals surface area contributed by atoms with Gasteiger partial charge in [0.05, 0.1) is 6.61 Å². The Morgan fingerprint density at radius 2 is 1.95 bits per heavy atom. The molecule has 0 amide bonds. The van der Waals surface area contributed by atoms with E-state index in [1.54, 1.807) is 12.1 Å². The molecule has 2 aromatic rings. The van der Waals surface area contributed by atoms with E-state index in [9.17, 15) is 4.39 Å². The summed E-state index contributed by atoms with van der Waals surface area (Å²) >= 11 is 1.45. The highest BCUT2D eigenvalue weighted by Crippen LogP contribution is 2.21. The summed E-state index contributed by atoms with van der Waals surface area (Å²) in [5.74, 6) is 1.32. The average molecular weight is 277 g/mol. The zero-order chi connectivity index (χ0) is 13.5. The first kappa shape index (κ1) is 13.9. The molecular weight excluding hydrogens is 261 g/mol. The molecule has 0 aromatic heterocycles. The predicted molar refractivity (Wildman–Crippen MR) is 77.0 cm³/mol. The zero-order valence-corrected chi connectivity index (χ0v) is 11.3. The van der Waals surface area contributed by atoms with Crippen LogP contribution in [0.2, 0.25) is 0 Å². The van der Waals surface area contributed by atoms with Crippen molar-refractivity contribution in [2.75, 3.05) is 12.4 Å². The number of thioether (sulfide) groups is 1. The first-order valence-corrected chi connectivity index (χ1v) is 7.07. The topological polar surface area (TPSA) is 35.2 Å². The molecule has 0 aliphatic heterocycles. The fourth-order valence-corrected chi connectivity index (χ4v) is 2.40. The molecule has 2 nitrogen and oxygen atoms in total. The average Bonchev–Trinajstić information content (AvgIpc) is 2.45. The number of ether oxygens (including phenoxy) is 1. The Kier molecular flexibility index (Phi) is 5.24. The Bertz CT molecular complexity index is 533. The molecular formula is C15H16FNOS. The van der Waals surface area contributed by atoms with Gasteiger partial charge in [-0.3, -0.25) is 0 Å². The molecule has 2 N–H and O–H groups in total. The standard InChI is InChI=1S/C15H16FNOS/c16-14-6-1-2-7-15(14)19-9-8-18-13-5-3-4-12(10-13)11-17/h1-7,10H,8-9,11,17H2. The third-order valence-corrected chi connectivity index (χ3v) is 3.59. The molecule has 0 aliphatic carbocycles. The van der Waals surface area contributed by atoms with Gasteiger partial charge in [0.15, 0.2) is 0 Å². The third kappa shape index (κ3) is 4.26. The van der Waals surface area contributed by atoms with E-state index in [1.807, 2.05) is 30.3 Å². The molecule has 100 valence electrons. The van der Waals surface area contributed by atoms with Gasteiger partial charge in [-0.05, 0) is 29.8 Å². The predicted octanol–water partition coefficient (Wildman–Crippen LogP) is 3.46. The Morgan fingerprint density at radius 3 is 2.74 bits per heavy atom. The molecule has 0 saturated heterocycles. The first-order valence-electron chi connectivity index (χ1n) is 6.09. The summed E-state index contributed by atoms with van der Waals surface area (Å²) in [5, 5.41) is 0. The second kappa shape index (κ2) is 7.16. The van der Waals surface area contributed by atoms with E-state index in [4.69, 9.17) is 10.5 Å². The molecule has 0 spiro atoms. The molecule has 0 aliphatic rings. The van der Waals surface area contributed by atoms with Gasteiger partial charge < -0.3 is 10.5 Å². The van der Waals surface area contributed by atoms with Crippen molar-refractivity contribution < 1.29 is 9.13 Å². The number of nitrogens with two attached hydrogens (primary N) is 1. The molecule has 0 unspecified atom stereocenters. The fraction of sp³-hybridized carbons (Fsp3) is 0.200. The smallest absolute Gasteiger partial charge is 0.136 e. The number of benzene rings is 2. The fourth-order valence-electron chi connectivity index (χ4n) is 1.64. The number of rotatable bonds is 6. The van der Waals surface area contributed by atoms with E-state index < -0.39 is 0 Å². The van der Waals surface area contributed by atoms with Crippen LogP contribution < -0.4 is 10.5 Å². The molecule has 4 heteroatoms. The van der Waals surface area contributed by atoms with Crippen LogP contribution in [0.1, 0.15) is 5.56 Å². The van der Waals surface area contributed by atoms with Crippen molar-refractivity contribution in [3.63, 3.8) is 0 Å². The number of hydrogen-bond acceptors (Lipinski definition) is 3. The monoisotopic (exact) mass is 277 g/mol. The normalized spacial score (nSPS) is 10.4. The summed E-state index contributed by atoms with van der Waals surface area (Å²) < 4.78 is 19.0. The first-order chi connectivity index (χ1) is 9.29. The van der Waals surface area contributed by atoms with Gasteiger partial charge in [0.2, 0.25) is 0 Å². The highest BCUT2D eigenvalue weighted by Gasteiger charge is 2.01. The summed E-state index contributed by atoms with van der Waals surface area (Å²) in [6.45, 7) is 1.04. The lowest BCUT2D eigenvalue weighted by molar-refractivity contribution is 0.343. The largest absolute Gasteiger partial charge is 0.493 e. The second-order valence-electron chi connectivity index (χ2n) is 3.98. The second-order valence-corrected chi connectivity index (χ2v) is 5.12. The molecule has 0 radical (unpaired) electrons. The van der Waals surface area contributed by atoms with Crippen molar-refractivity contribution in [3.05, 3.63) is 59.9 Å². The lowest BCUT2D eigenvalue weighted by atomic mass is 10.2. The summed E-state index contributed by atoms with van der Waals surface area (Å²) in [4.78, 5) is 0.654. The third-order valence-electron chi connectivity index (χ3n) is 2.58. The van der Waals surface area contributed by atoms with Crippen LogP contribution in [0.15, 0.2) is 53.4 Å². The molecule has 2 rings (SSSR count). The molecule has 19 heavy (non-hydrogen) atoms. The van der Waals surface area contributed by atoms with Gasteiger partial charge >= 0.3 is 0 Å². The maximum atomic E-state index is 13.4. The van der Waals surface area contributed by atoms with E-state index in [-0.39, 0.29) is 5.82 Å². The van der Waals surface area contributed by atoms with E-state index in [2.05, 4.69) is 0 Å². The minimum absolute atomic E-state index is 0.183. The molecule has 0 atom stereocenters. The summed E-state index contributed by atoms with van der Waals surface area (Å²) in [6, 6.07) is 14.5. The van der Waals surface area contributed by atoms with Crippen LogP contribution in [-0.2, 0) is 6.54 Å². The SMILES string of the molecule is NCc1cccc(OCCSc2ccccc2F)c1. The van der Waals surface area contributed by atoms with E-state index in [0.717, 1.165) is 11.3 Å². The van der Waals surface area contributed by atoms with E-state index in [1.165, 1.54) is 17.8 Å². The zero-order valence-electron chi connectivity index (χ0n) is 10.5. The van der Waals surface area contributed by atoms with Crippen LogP contribution in [0, 0.1) is 5.82 Å².